The van der Waals surface area contributed by atoms with Crippen molar-refractivity contribution in [3.63, 3.8) is 0 Å². The molecule has 0 spiro atoms. The van der Waals surface area contributed by atoms with Crippen LogP contribution in [0.1, 0.15) is 25.7 Å². The van der Waals surface area contributed by atoms with Gasteiger partial charge in [-0.2, -0.15) is 0 Å². The van der Waals surface area contributed by atoms with Gasteiger partial charge in [-0.25, -0.2) is 0 Å². The smallest absolute Gasteiger partial charge is 0.322 e. The molecule has 3 atom stereocenters. The van der Waals surface area contributed by atoms with E-state index in [1.165, 1.54) is 25.7 Å². The van der Waals surface area contributed by atoms with Gasteiger partial charge in [0.15, 0.2) is 0 Å². The fourth-order valence-electron chi connectivity index (χ4n) is 2.39. The lowest BCUT2D eigenvalue weighted by molar-refractivity contribution is 0.150. The van der Waals surface area contributed by atoms with Crippen LogP contribution in [0.4, 0.5) is 0 Å². The van der Waals surface area contributed by atoms with Gasteiger partial charge in [0.25, 0.3) is 0 Å². The second-order valence-corrected chi connectivity index (χ2v) is 4.77. The molecule has 0 unspecified atom stereocenters. The van der Waals surface area contributed by atoms with Gasteiger partial charge in [-0.3, -0.25) is 0 Å². The lowest BCUT2D eigenvalue weighted by Crippen LogP contribution is -2.20. The molecule has 2 bridgehead atoms. The summed E-state index contributed by atoms with van der Waals surface area (Å²) in [4.78, 5) is 0. The van der Waals surface area contributed by atoms with Crippen molar-refractivity contribution in [2.75, 3.05) is 0 Å². The summed E-state index contributed by atoms with van der Waals surface area (Å²) >= 11 is 3.34. The maximum absolute atomic E-state index is 5.58. The summed E-state index contributed by atoms with van der Waals surface area (Å²) < 4.78 is 5.58. The summed E-state index contributed by atoms with van der Waals surface area (Å²) in [5.74, 6) is 1.92. The van der Waals surface area contributed by atoms with Gasteiger partial charge in [0.05, 0.1) is 0 Å². The van der Waals surface area contributed by atoms with Gasteiger partial charge in [-0.15, -0.1) is 0 Å². The Bertz CT molecular complexity index is 131. The Morgan fingerprint density at radius 2 is 2.20 bits per heavy atom. The molecule has 0 saturated heterocycles. The van der Waals surface area contributed by atoms with E-state index in [1.54, 1.807) is 0 Å². The molecule has 3 heteroatoms. The Morgan fingerprint density at radius 3 is 2.70 bits per heavy atom. The maximum atomic E-state index is 5.58. The molecular weight excluding hydrogens is 208 g/mol. The van der Waals surface area contributed by atoms with E-state index in [4.69, 9.17) is 4.43 Å². The summed E-state index contributed by atoms with van der Waals surface area (Å²) in [6, 6.07) is 0. The van der Waals surface area contributed by atoms with E-state index in [0.717, 1.165) is 11.8 Å². The van der Waals surface area contributed by atoms with Gasteiger partial charge in [0.1, 0.15) is 0 Å². The molecule has 2 radical (unpaired) electrons. The standard InChI is InChI=1S/C7H11BrOSi/c8-10-9-7-4-5-1-2-6(7)3-5/h5-7H,1-4H2/t5-,6+,7-/m1/s1. The summed E-state index contributed by atoms with van der Waals surface area (Å²) in [5.41, 5.74) is 0. The van der Waals surface area contributed by atoms with Gasteiger partial charge < -0.3 is 4.43 Å². The van der Waals surface area contributed by atoms with Crippen LogP contribution in [-0.2, 0) is 4.43 Å². The number of hydrogen-bond donors (Lipinski definition) is 0. The minimum absolute atomic E-state index is 0.514. The summed E-state index contributed by atoms with van der Waals surface area (Å²) in [7, 11) is 0.514. The average Bonchev–Trinajstić information content (AvgIpc) is 2.48. The molecule has 0 aromatic heterocycles. The van der Waals surface area contributed by atoms with Crippen molar-refractivity contribution in [3.05, 3.63) is 0 Å². The van der Waals surface area contributed by atoms with E-state index in [1.807, 2.05) is 0 Å². The third kappa shape index (κ3) is 1.19. The van der Waals surface area contributed by atoms with Crippen LogP contribution in [0.2, 0.25) is 0 Å². The average molecular weight is 219 g/mol. The van der Waals surface area contributed by atoms with Crippen molar-refractivity contribution >= 4 is 23.7 Å². The van der Waals surface area contributed by atoms with E-state index < -0.39 is 0 Å². The van der Waals surface area contributed by atoms with E-state index >= 15 is 0 Å². The van der Waals surface area contributed by atoms with E-state index in [-0.39, 0.29) is 0 Å². The van der Waals surface area contributed by atoms with Crippen LogP contribution in [0.25, 0.3) is 0 Å². The lowest BCUT2D eigenvalue weighted by atomic mass is 9.98. The normalized spacial score (nSPS) is 44.7. The third-order valence-electron chi connectivity index (χ3n) is 2.87. The highest BCUT2D eigenvalue weighted by Gasteiger charge is 2.39. The summed E-state index contributed by atoms with van der Waals surface area (Å²) in [6.45, 7) is 0. The largest absolute Gasteiger partial charge is 0.403 e. The molecule has 1 nitrogen and oxygen atoms in total. The maximum Gasteiger partial charge on any atom is 0.322 e. The zero-order chi connectivity index (χ0) is 6.97. The van der Waals surface area contributed by atoms with Crippen LogP contribution in [0.3, 0.4) is 0 Å². The van der Waals surface area contributed by atoms with Crippen molar-refractivity contribution in [1.82, 2.24) is 0 Å². The number of fused-ring (bicyclic) bond motifs is 2. The van der Waals surface area contributed by atoms with E-state index in [2.05, 4.69) is 15.3 Å². The Kier molecular flexibility index (Phi) is 2.16. The zero-order valence-corrected chi connectivity index (χ0v) is 8.43. The molecule has 56 valence electrons. The quantitative estimate of drug-likeness (QED) is 0.510. The van der Waals surface area contributed by atoms with E-state index in [0.29, 0.717) is 14.5 Å². The third-order valence-corrected chi connectivity index (χ3v) is 3.82. The van der Waals surface area contributed by atoms with Crippen molar-refractivity contribution in [1.29, 1.82) is 0 Å². The Morgan fingerprint density at radius 1 is 1.30 bits per heavy atom. The first-order chi connectivity index (χ1) is 4.90. The molecule has 0 aliphatic heterocycles. The number of rotatable bonds is 2. The first kappa shape index (κ1) is 7.31. The van der Waals surface area contributed by atoms with Gasteiger partial charge in [-0.1, -0.05) is 15.3 Å². The van der Waals surface area contributed by atoms with Gasteiger partial charge in [-0.05, 0) is 37.5 Å². The topological polar surface area (TPSA) is 9.23 Å². The number of halogens is 1. The second-order valence-electron chi connectivity index (χ2n) is 3.41. The molecule has 0 N–H and O–H groups in total. The highest BCUT2D eigenvalue weighted by Crippen LogP contribution is 2.45. The lowest BCUT2D eigenvalue weighted by Gasteiger charge is -2.20. The SMILES string of the molecule is Br[Si]O[C@@H]1C[C@@H]2CC[C@H]1C2. The van der Waals surface area contributed by atoms with Crippen molar-refractivity contribution < 1.29 is 4.43 Å². The van der Waals surface area contributed by atoms with Gasteiger partial charge in [0.2, 0.25) is 0 Å². The molecule has 2 rings (SSSR count). The van der Waals surface area contributed by atoms with Crippen LogP contribution >= 0.6 is 15.3 Å². The Labute approximate surface area is 72.0 Å². The monoisotopic (exact) mass is 218 g/mol. The fourth-order valence-corrected chi connectivity index (χ4v) is 3.51. The fraction of sp³-hybridized carbons (Fsp3) is 1.00. The predicted molar refractivity (Wildman–Crippen MR) is 45.0 cm³/mol. The molecule has 0 aromatic rings. The van der Waals surface area contributed by atoms with Crippen molar-refractivity contribution in [3.8, 4) is 0 Å². The molecule has 2 fully saturated rings. The van der Waals surface area contributed by atoms with E-state index in [9.17, 15) is 0 Å². The Balaban J connectivity index is 1.90. The second kappa shape index (κ2) is 2.95. The molecule has 0 amide bonds. The molecular formula is C7H11BrOSi. The molecule has 2 saturated carbocycles. The van der Waals surface area contributed by atoms with Crippen LogP contribution in [0.15, 0.2) is 0 Å². The highest BCUT2D eigenvalue weighted by atomic mass is 79.9. The van der Waals surface area contributed by atoms with Gasteiger partial charge >= 0.3 is 8.38 Å². The molecule has 0 aromatic carbocycles. The first-order valence-corrected chi connectivity index (χ1v) is 7.08. The van der Waals surface area contributed by atoms with Crippen molar-refractivity contribution in [2.24, 2.45) is 11.8 Å². The molecule has 2 aliphatic carbocycles. The van der Waals surface area contributed by atoms with Crippen LogP contribution in [-0.4, -0.2) is 14.5 Å². The minimum atomic E-state index is 0.514. The highest BCUT2D eigenvalue weighted by molar-refractivity contribution is 9.23. The molecule has 10 heavy (non-hydrogen) atoms. The summed E-state index contributed by atoms with van der Waals surface area (Å²) in [6.07, 6.45) is 6.28. The predicted octanol–water partition coefficient (Wildman–Crippen LogP) is 2.12. The van der Waals surface area contributed by atoms with Crippen LogP contribution < -0.4 is 0 Å². The zero-order valence-electron chi connectivity index (χ0n) is 5.85. The van der Waals surface area contributed by atoms with Crippen LogP contribution in [0, 0.1) is 11.8 Å². The Hall–Kier alpha value is 0.657. The van der Waals surface area contributed by atoms with Gasteiger partial charge in [0, 0.05) is 6.10 Å². The summed E-state index contributed by atoms with van der Waals surface area (Å²) in [5, 5.41) is 0. The number of hydrogen-bond acceptors (Lipinski definition) is 1. The molecule has 0 heterocycles. The minimum Gasteiger partial charge on any atom is -0.403 e. The molecule has 2 aliphatic rings. The first-order valence-electron chi connectivity index (χ1n) is 3.91. The van der Waals surface area contributed by atoms with Crippen LogP contribution in [0.5, 0.6) is 0 Å². The van der Waals surface area contributed by atoms with Crippen molar-refractivity contribution in [2.45, 2.75) is 31.8 Å².